The van der Waals surface area contributed by atoms with Crippen molar-refractivity contribution in [2.24, 2.45) is 0 Å². The SMILES string of the molecule is c1ccc2c(-c3ccc(N(c4ccc(-c5ccc6cc7oc8ccccc8c7cc6c5)cc4)c4ccc5c(c4)oc4ccccc45)cc3)cccc2c1. The minimum atomic E-state index is 0.869. The van der Waals surface area contributed by atoms with Crippen LogP contribution in [0.15, 0.2) is 197 Å². The van der Waals surface area contributed by atoms with Gasteiger partial charge >= 0.3 is 0 Å². The lowest BCUT2D eigenvalue weighted by Gasteiger charge is -2.26. The Balaban J connectivity index is 1.00. The fraction of sp³-hybridized carbons (Fsp3) is 0. The number of benzene rings is 9. The fourth-order valence-corrected chi connectivity index (χ4v) is 8.02. The second-order valence-corrected chi connectivity index (χ2v) is 13.7. The normalized spacial score (nSPS) is 11.8. The molecule has 0 saturated carbocycles. The van der Waals surface area contributed by atoms with Gasteiger partial charge in [-0.05, 0) is 111 Å². The second-order valence-electron chi connectivity index (χ2n) is 13.7. The number of para-hydroxylation sites is 2. The predicted molar refractivity (Wildman–Crippen MR) is 222 cm³/mol. The summed E-state index contributed by atoms with van der Waals surface area (Å²) in [4.78, 5) is 2.31. The molecule has 0 amide bonds. The lowest BCUT2D eigenvalue weighted by molar-refractivity contribution is 0.669. The first-order valence-corrected chi connectivity index (χ1v) is 18.0. The Morgan fingerprint density at radius 3 is 1.60 bits per heavy atom. The van der Waals surface area contributed by atoms with Crippen molar-refractivity contribution in [1.82, 2.24) is 0 Å². The van der Waals surface area contributed by atoms with Gasteiger partial charge in [0.2, 0.25) is 0 Å². The average Bonchev–Trinajstić information content (AvgIpc) is 3.77. The van der Waals surface area contributed by atoms with Gasteiger partial charge in [0.1, 0.15) is 22.3 Å². The second kappa shape index (κ2) is 11.7. The highest BCUT2D eigenvalue weighted by atomic mass is 16.3. The number of furan rings is 2. The molecule has 11 aromatic rings. The van der Waals surface area contributed by atoms with Gasteiger partial charge in [-0.2, -0.15) is 0 Å². The number of nitrogens with zero attached hydrogens (tertiary/aromatic N) is 1. The molecule has 0 aliphatic heterocycles. The summed E-state index contributed by atoms with van der Waals surface area (Å²) in [6.45, 7) is 0. The molecule has 0 atom stereocenters. The van der Waals surface area contributed by atoms with Crippen LogP contribution in [-0.2, 0) is 0 Å². The standard InChI is InChI=1S/C50H31NO2/c1-2-10-41-33(8-1)9-7-13-42(41)34-20-24-39(25-21-34)51(40-26-27-45-43-11-3-5-14-47(43)53-50(45)31-40)38-22-18-32(19-23-38)35-16-17-36-30-49-46(29-37(36)28-35)44-12-4-6-15-48(44)52-49/h1-31H. The summed E-state index contributed by atoms with van der Waals surface area (Å²) < 4.78 is 12.5. The van der Waals surface area contributed by atoms with Gasteiger partial charge in [0.05, 0.1) is 0 Å². The van der Waals surface area contributed by atoms with E-state index in [2.05, 4.69) is 169 Å². The fourth-order valence-electron chi connectivity index (χ4n) is 8.02. The highest BCUT2D eigenvalue weighted by Crippen LogP contribution is 2.41. The topological polar surface area (TPSA) is 29.5 Å². The molecule has 3 heteroatoms. The molecular formula is C50H31NO2. The Morgan fingerprint density at radius 1 is 0.283 bits per heavy atom. The third kappa shape index (κ3) is 4.90. The molecule has 53 heavy (non-hydrogen) atoms. The van der Waals surface area contributed by atoms with E-state index in [-0.39, 0.29) is 0 Å². The summed E-state index contributed by atoms with van der Waals surface area (Å²) in [6, 6.07) is 67.0. The molecule has 2 heterocycles. The van der Waals surface area contributed by atoms with Crippen LogP contribution in [0, 0.1) is 0 Å². The van der Waals surface area contributed by atoms with Crippen molar-refractivity contribution >= 4 is 82.5 Å². The molecule has 0 spiro atoms. The van der Waals surface area contributed by atoms with Crippen molar-refractivity contribution in [3.8, 4) is 22.3 Å². The largest absolute Gasteiger partial charge is 0.456 e. The summed E-state index contributed by atoms with van der Waals surface area (Å²) >= 11 is 0. The summed E-state index contributed by atoms with van der Waals surface area (Å²) in [7, 11) is 0. The van der Waals surface area contributed by atoms with Crippen LogP contribution in [0.3, 0.4) is 0 Å². The quantitative estimate of drug-likeness (QED) is 0.182. The maximum Gasteiger partial charge on any atom is 0.137 e. The van der Waals surface area contributed by atoms with Gasteiger partial charge in [-0.3, -0.25) is 0 Å². The Morgan fingerprint density at radius 2 is 0.849 bits per heavy atom. The zero-order valence-electron chi connectivity index (χ0n) is 28.7. The zero-order chi connectivity index (χ0) is 34.9. The highest BCUT2D eigenvalue weighted by Gasteiger charge is 2.17. The van der Waals surface area contributed by atoms with Crippen LogP contribution in [0.5, 0.6) is 0 Å². The minimum Gasteiger partial charge on any atom is -0.456 e. The van der Waals surface area contributed by atoms with Crippen LogP contribution < -0.4 is 4.90 Å². The molecular weight excluding hydrogens is 647 g/mol. The maximum atomic E-state index is 6.36. The Hall–Kier alpha value is -7.10. The van der Waals surface area contributed by atoms with E-state index in [1.54, 1.807) is 0 Å². The third-order valence-corrected chi connectivity index (χ3v) is 10.6. The number of hydrogen-bond acceptors (Lipinski definition) is 3. The van der Waals surface area contributed by atoms with E-state index >= 15 is 0 Å². The molecule has 2 aromatic heterocycles. The van der Waals surface area contributed by atoms with Crippen molar-refractivity contribution in [3.05, 3.63) is 188 Å². The van der Waals surface area contributed by atoms with Crippen LogP contribution in [0.4, 0.5) is 17.1 Å². The minimum absolute atomic E-state index is 0.869. The maximum absolute atomic E-state index is 6.36. The molecule has 9 aromatic carbocycles. The van der Waals surface area contributed by atoms with E-state index in [9.17, 15) is 0 Å². The van der Waals surface area contributed by atoms with Crippen molar-refractivity contribution < 1.29 is 8.83 Å². The molecule has 0 radical (unpaired) electrons. The lowest BCUT2D eigenvalue weighted by Crippen LogP contribution is -2.09. The van der Waals surface area contributed by atoms with Crippen LogP contribution in [-0.4, -0.2) is 0 Å². The molecule has 0 aliphatic rings. The van der Waals surface area contributed by atoms with E-state index in [0.717, 1.165) is 71.9 Å². The number of rotatable bonds is 5. The van der Waals surface area contributed by atoms with Crippen LogP contribution >= 0.6 is 0 Å². The number of fused-ring (bicyclic) bond motifs is 8. The predicted octanol–water partition coefficient (Wildman–Crippen LogP) is 14.6. The summed E-state index contributed by atoms with van der Waals surface area (Å²) in [6.07, 6.45) is 0. The first-order chi connectivity index (χ1) is 26.2. The van der Waals surface area contributed by atoms with Crippen LogP contribution in [0.1, 0.15) is 0 Å². The molecule has 0 aliphatic carbocycles. The molecule has 0 fully saturated rings. The van der Waals surface area contributed by atoms with Crippen molar-refractivity contribution in [1.29, 1.82) is 0 Å². The average molecular weight is 678 g/mol. The monoisotopic (exact) mass is 677 g/mol. The smallest absolute Gasteiger partial charge is 0.137 e. The molecule has 0 unspecified atom stereocenters. The molecule has 248 valence electrons. The Kier molecular flexibility index (Phi) is 6.55. The van der Waals surface area contributed by atoms with E-state index in [4.69, 9.17) is 8.83 Å². The number of hydrogen-bond donors (Lipinski definition) is 0. The van der Waals surface area contributed by atoms with E-state index in [0.29, 0.717) is 0 Å². The molecule has 11 rings (SSSR count). The van der Waals surface area contributed by atoms with Crippen LogP contribution in [0.2, 0.25) is 0 Å². The van der Waals surface area contributed by atoms with E-state index < -0.39 is 0 Å². The molecule has 0 N–H and O–H groups in total. The highest BCUT2D eigenvalue weighted by molar-refractivity contribution is 6.10. The van der Waals surface area contributed by atoms with Gasteiger partial charge in [0, 0.05) is 44.7 Å². The summed E-state index contributed by atoms with van der Waals surface area (Å²) in [5.74, 6) is 0. The van der Waals surface area contributed by atoms with Gasteiger partial charge in [-0.1, -0.05) is 115 Å². The molecule has 3 nitrogen and oxygen atoms in total. The van der Waals surface area contributed by atoms with Crippen molar-refractivity contribution in [3.63, 3.8) is 0 Å². The Bertz CT molecular complexity index is 3160. The Labute approximate surface area is 305 Å². The van der Waals surface area contributed by atoms with Crippen LogP contribution in [0.25, 0.3) is 87.7 Å². The third-order valence-electron chi connectivity index (χ3n) is 10.6. The van der Waals surface area contributed by atoms with Crippen molar-refractivity contribution in [2.75, 3.05) is 4.90 Å². The first kappa shape index (κ1) is 29.6. The summed E-state index contributed by atoms with van der Waals surface area (Å²) in [5, 5.41) is 9.37. The zero-order valence-corrected chi connectivity index (χ0v) is 28.7. The first-order valence-electron chi connectivity index (χ1n) is 18.0. The van der Waals surface area contributed by atoms with Gasteiger partial charge in [0.25, 0.3) is 0 Å². The molecule has 0 bridgehead atoms. The number of anilines is 3. The summed E-state index contributed by atoms with van der Waals surface area (Å²) in [5.41, 5.74) is 11.5. The van der Waals surface area contributed by atoms with E-state index in [1.807, 2.05) is 24.3 Å². The van der Waals surface area contributed by atoms with Crippen molar-refractivity contribution in [2.45, 2.75) is 0 Å². The molecule has 0 saturated heterocycles. The van der Waals surface area contributed by atoms with Gasteiger partial charge in [-0.15, -0.1) is 0 Å². The van der Waals surface area contributed by atoms with Gasteiger partial charge < -0.3 is 13.7 Å². The lowest BCUT2D eigenvalue weighted by atomic mass is 9.98. The van der Waals surface area contributed by atoms with Gasteiger partial charge in [0.15, 0.2) is 0 Å². The van der Waals surface area contributed by atoms with E-state index in [1.165, 1.54) is 32.8 Å². The van der Waals surface area contributed by atoms with Gasteiger partial charge in [-0.25, -0.2) is 0 Å².